The average Bonchev–Trinajstić information content (AvgIpc) is 1.97. The summed E-state index contributed by atoms with van der Waals surface area (Å²) in [6.45, 7) is 1.75. The van der Waals surface area contributed by atoms with Crippen LogP contribution in [0.3, 0.4) is 0 Å². The summed E-state index contributed by atoms with van der Waals surface area (Å²) in [7, 11) is 0. The largest absolute Gasteiger partial charge is 0.478 e. The Balaban J connectivity index is 3.48. The zero-order chi connectivity index (χ0) is 8.69. The van der Waals surface area contributed by atoms with Crippen molar-refractivity contribution >= 4 is 5.97 Å². The summed E-state index contributed by atoms with van der Waals surface area (Å²) in [6, 6.07) is 0. The van der Waals surface area contributed by atoms with Crippen LogP contribution in [0, 0.1) is 0 Å². The maximum absolute atomic E-state index is 10.2. The molecule has 0 unspecified atom stereocenters. The summed E-state index contributed by atoms with van der Waals surface area (Å²) < 4.78 is 0. The summed E-state index contributed by atoms with van der Waals surface area (Å²) in [4.78, 5) is 10.2. The molecule has 3 nitrogen and oxygen atoms in total. The third-order valence-corrected chi connectivity index (χ3v) is 1.40. The fourth-order valence-corrected chi connectivity index (χ4v) is 0.662. The second-order valence-electron chi connectivity index (χ2n) is 2.41. The molecule has 2 N–H and O–H groups in total. The van der Waals surface area contributed by atoms with Gasteiger partial charge in [-0.15, -0.1) is 0 Å². The van der Waals surface area contributed by atoms with E-state index in [1.54, 1.807) is 13.0 Å². The fourth-order valence-electron chi connectivity index (χ4n) is 0.662. The Hall–Kier alpha value is -0.830. The van der Waals surface area contributed by atoms with E-state index in [1.165, 1.54) is 0 Å². The van der Waals surface area contributed by atoms with E-state index in [1.807, 2.05) is 0 Å². The van der Waals surface area contributed by atoms with Gasteiger partial charge < -0.3 is 10.2 Å². The van der Waals surface area contributed by atoms with Gasteiger partial charge in [0.1, 0.15) is 0 Å². The molecule has 0 aromatic heterocycles. The first-order chi connectivity index (χ1) is 5.18. The predicted octanol–water partition coefficient (Wildman–Crippen LogP) is 1.18. The molecule has 0 aromatic rings. The van der Waals surface area contributed by atoms with Crippen molar-refractivity contribution in [3.63, 3.8) is 0 Å². The zero-order valence-electron chi connectivity index (χ0n) is 6.71. The molecule has 0 spiro atoms. The van der Waals surface area contributed by atoms with Crippen molar-refractivity contribution in [2.24, 2.45) is 0 Å². The normalized spacial score (nSPS) is 11.6. The monoisotopic (exact) mass is 158 g/mol. The minimum absolute atomic E-state index is 0.181. The minimum Gasteiger partial charge on any atom is -0.478 e. The summed E-state index contributed by atoms with van der Waals surface area (Å²) in [6.07, 6.45) is 4.00. The maximum Gasteiger partial charge on any atom is 0.330 e. The summed E-state index contributed by atoms with van der Waals surface area (Å²) in [5, 5.41) is 16.8. The third kappa shape index (κ3) is 5.61. The van der Waals surface area contributed by atoms with Crippen LogP contribution in [0.5, 0.6) is 0 Å². The Bertz CT molecular complexity index is 149. The molecule has 0 saturated heterocycles. The molecule has 64 valence electrons. The number of hydrogen-bond donors (Lipinski definition) is 2. The van der Waals surface area contributed by atoms with Crippen LogP contribution in [0.4, 0.5) is 0 Å². The van der Waals surface area contributed by atoms with Gasteiger partial charge in [-0.2, -0.15) is 0 Å². The Kier molecular flexibility index (Phi) is 5.47. The first kappa shape index (κ1) is 10.2. The lowest BCUT2D eigenvalue weighted by atomic mass is 10.2. The molecule has 0 fully saturated rings. The number of rotatable bonds is 5. The van der Waals surface area contributed by atoms with E-state index in [9.17, 15) is 4.79 Å². The van der Waals surface area contributed by atoms with Crippen LogP contribution in [0.1, 0.15) is 26.2 Å². The SMILES string of the molecule is CC(=CCCCCO)C(=O)O. The van der Waals surface area contributed by atoms with Crippen LogP contribution in [0.15, 0.2) is 11.6 Å². The zero-order valence-corrected chi connectivity index (χ0v) is 6.71. The van der Waals surface area contributed by atoms with Gasteiger partial charge in [-0.05, 0) is 26.2 Å². The van der Waals surface area contributed by atoms with E-state index in [-0.39, 0.29) is 6.61 Å². The lowest BCUT2D eigenvalue weighted by Crippen LogP contribution is -1.95. The van der Waals surface area contributed by atoms with Crippen molar-refractivity contribution in [3.8, 4) is 0 Å². The van der Waals surface area contributed by atoms with Crippen molar-refractivity contribution in [3.05, 3.63) is 11.6 Å². The summed E-state index contributed by atoms with van der Waals surface area (Å²) in [5.41, 5.74) is 0.378. The highest BCUT2D eigenvalue weighted by atomic mass is 16.4. The number of hydrogen-bond acceptors (Lipinski definition) is 2. The van der Waals surface area contributed by atoms with Crippen LogP contribution in [0.2, 0.25) is 0 Å². The molecule has 0 atom stereocenters. The van der Waals surface area contributed by atoms with E-state index < -0.39 is 5.97 Å². The van der Waals surface area contributed by atoms with Crippen molar-refractivity contribution < 1.29 is 15.0 Å². The lowest BCUT2D eigenvalue weighted by molar-refractivity contribution is -0.132. The molecule has 0 radical (unpaired) electrons. The molecule has 0 aliphatic rings. The molecule has 0 rings (SSSR count). The number of unbranched alkanes of at least 4 members (excludes halogenated alkanes) is 2. The van der Waals surface area contributed by atoms with E-state index in [0.29, 0.717) is 5.57 Å². The molecule has 0 bridgehead atoms. The standard InChI is InChI=1S/C8H14O3/c1-7(8(10)11)5-3-2-4-6-9/h5,9H,2-4,6H2,1H3,(H,10,11). The first-order valence-corrected chi connectivity index (χ1v) is 3.69. The minimum atomic E-state index is -0.867. The Labute approximate surface area is 66.4 Å². The number of carbonyl (C=O) groups is 1. The quantitative estimate of drug-likeness (QED) is 0.466. The van der Waals surface area contributed by atoms with Crippen LogP contribution in [-0.2, 0) is 4.79 Å². The van der Waals surface area contributed by atoms with Gasteiger partial charge in [0.2, 0.25) is 0 Å². The van der Waals surface area contributed by atoms with Gasteiger partial charge in [0, 0.05) is 12.2 Å². The number of aliphatic carboxylic acids is 1. The van der Waals surface area contributed by atoms with Gasteiger partial charge in [0.25, 0.3) is 0 Å². The maximum atomic E-state index is 10.2. The second kappa shape index (κ2) is 5.92. The van der Waals surface area contributed by atoms with Gasteiger partial charge in [-0.3, -0.25) is 0 Å². The van der Waals surface area contributed by atoms with E-state index in [4.69, 9.17) is 10.2 Å². The fraction of sp³-hybridized carbons (Fsp3) is 0.625. The molecule has 0 saturated carbocycles. The third-order valence-electron chi connectivity index (χ3n) is 1.40. The molecule has 0 aliphatic heterocycles. The number of carboxylic acids is 1. The van der Waals surface area contributed by atoms with Crippen LogP contribution in [-0.4, -0.2) is 22.8 Å². The van der Waals surface area contributed by atoms with Crippen molar-refractivity contribution in [1.29, 1.82) is 0 Å². The first-order valence-electron chi connectivity index (χ1n) is 3.69. The van der Waals surface area contributed by atoms with Gasteiger partial charge in [0.15, 0.2) is 0 Å². The van der Waals surface area contributed by atoms with Gasteiger partial charge in [-0.25, -0.2) is 4.79 Å². The number of aliphatic hydroxyl groups is 1. The number of aliphatic hydroxyl groups excluding tert-OH is 1. The molecular formula is C8H14O3. The Morgan fingerprint density at radius 1 is 1.45 bits per heavy atom. The Morgan fingerprint density at radius 2 is 2.09 bits per heavy atom. The van der Waals surface area contributed by atoms with E-state index >= 15 is 0 Å². The highest BCUT2D eigenvalue weighted by molar-refractivity contribution is 5.85. The van der Waals surface area contributed by atoms with Crippen molar-refractivity contribution in [2.75, 3.05) is 6.61 Å². The highest BCUT2D eigenvalue weighted by Gasteiger charge is 1.96. The molecule has 3 heteroatoms. The smallest absolute Gasteiger partial charge is 0.330 e. The molecule has 0 heterocycles. The summed E-state index contributed by atoms with van der Waals surface area (Å²) in [5.74, 6) is -0.867. The number of carboxylic acid groups (broad SMARTS) is 1. The molecular weight excluding hydrogens is 144 g/mol. The van der Waals surface area contributed by atoms with Gasteiger partial charge in [-0.1, -0.05) is 6.08 Å². The molecule has 11 heavy (non-hydrogen) atoms. The van der Waals surface area contributed by atoms with Crippen LogP contribution >= 0.6 is 0 Å². The van der Waals surface area contributed by atoms with Gasteiger partial charge in [0.05, 0.1) is 0 Å². The molecule has 0 amide bonds. The average molecular weight is 158 g/mol. The molecule has 0 aromatic carbocycles. The highest BCUT2D eigenvalue weighted by Crippen LogP contribution is 2.00. The lowest BCUT2D eigenvalue weighted by Gasteiger charge is -1.93. The second-order valence-corrected chi connectivity index (χ2v) is 2.41. The topological polar surface area (TPSA) is 57.5 Å². The predicted molar refractivity (Wildman–Crippen MR) is 42.3 cm³/mol. The van der Waals surface area contributed by atoms with Crippen molar-refractivity contribution in [2.45, 2.75) is 26.2 Å². The van der Waals surface area contributed by atoms with Crippen LogP contribution < -0.4 is 0 Å². The summed E-state index contributed by atoms with van der Waals surface area (Å²) >= 11 is 0. The van der Waals surface area contributed by atoms with E-state index in [2.05, 4.69) is 0 Å². The van der Waals surface area contributed by atoms with E-state index in [0.717, 1.165) is 19.3 Å². The molecule has 0 aliphatic carbocycles. The van der Waals surface area contributed by atoms with Crippen LogP contribution in [0.25, 0.3) is 0 Å². The Morgan fingerprint density at radius 3 is 2.55 bits per heavy atom. The van der Waals surface area contributed by atoms with Gasteiger partial charge >= 0.3 is 5.97 Å². The number of allylic oxidation sites excluding steroid dienone is 1. The van der Waals surface area contributed by atoms with Crippen molar-refractivity contribution in [1.82, 2.24) is 0 Å².